The molecule has 0 saturated carbocycles. The van der Waals surface area contributed by atoms with Crippen molar-refractivity contribution in [2.75, 3.05) is 28.4 Å². The van der Waals surface area contributed by atoms with Crippen LogP contribution in [-0.2, 0) is 16.1 Å². The van der Waals surface area contributed by atoms with Crippen molar-refractivity contribution in [2.45, 2.75) is 12.9 Å². The smallest absolute Gasteiger partial charge is 0.183 e. The molecule has 1 aromatic carbocycles. The van der Waals surface area contributed by atoms with Gasteiger partial charge in [-0.05, 0) is 17.7 Å². The summed E-state index contributed by atoms with van der Waals surface area (Å²) in [7, 11) is 6.16. The molecule has 0 aromatic heterocycles. The van der Waals surface area contributed by atoms with E-state index < -0.39 is 6.29 Å². The van der Waals surface area contributed by atoms with E-state index in [2.05, 4.69) is 0 Å². The van der Waals surface area contributed by atoms with E-state index in [0.717, 1.165) is 5.56 Å². The van der Waals surface area contributed by atoms with Crippen LogP contribution in [-0.4, -0.2) is 33.5 Å². The van der Waals surface area contributed by atoms with Crippen LogP contribution in [0.4, 0.5) is 0 Å². The maximum atomic E-state index is 9.33. The van der Waals surface area contributed by atoms with Crippen molar-refractivity contribution < 1.29 is 24.1 Å². The summed E-state index contributed by atoms with van der Waals surface area (Å²) < 4.78 is 20.7. The number of benzene rings is 1. The molecular formula is C12H18O5. The first-order chi connectivity index (χ1) is 8.21. The fourth-order valence-electron chi connectivity index (χ4n) is 1.64. The molecule has 0 aliphatic carbocycles. The Balaban J connectivity index is 3.27. The molecule has 0 amide bonds. The third-order valence-electron chi connectivity index (χ3n) is 2.50. The van der Waals surface area contributed by atoms with Gasteiger partial charge in [0.2, 0.25) is 0 Å². The lowest BCUT2D eigenvalue weighted by Crippen LogP contribution is -2.08. The van der Waals surface area contributed by atoms with E-state index in [1.807, 2.05) is 0 Å². The second-order valence-corrected chi connectivity index (χ2v) is 3.37. The Morgan fingerprint density at radius 2 is 1.53 bits per heavy atom. The second-order valence-electron chi connectivity index (χ2n) is 3.37. The standard InChI is InChI=1S/C12H18O5/c1-14-10-5-8(7-13)9(6-11(10)15-2)12(16-3)17-4/h5-6,12-13H,7H2,1-4H3. The van der Waals surface area contributed by atoms with E-state index in [4.69, 9.17) is 18.9 Å². The Morgan fingerprint density at radius 1 is 1.00 bits per heavy atom. The fraction of sp³-hybridized carbons (Fsp3) is 0.500. The van der Waals surface area contributed by atoms with Crippen LogP contribution in [0, 0.1) is 0 Å². The fourth-order valence-corrected chi connectivity index (χ4v) is 1.64. The summed E-state index contributed by atoms with van der Waals surface area (Å²) in [5, 5.41) is 9.33. The van der Waals surface area contributed by atoms with Crippen LogP contribution in [0.5, 0.6) is 11.5 Å². The summed E-state index contributed by atoms with van der Waals surface area (Å²) in [6.07, 6.45) is -0.544. The van der Waals surface area contributed by atoms with Gasteiger partial charge in [-0.15, -0.1) is 0 Å². The van der Waals surface area contributed by atoms with Crippen LogP contribution < -0.4 is 9.47 Å². The van der Waals surface area contributed by atoms with Gasteiger partial charge in [0, 0.05) is 19.8 Å². The van der Waals surface area contributed by atoms with Crippen molar-refractivity contribution in [3.05, 3.63) is 23.3 Å². The topological polar surface area (TPSA) is 57.2 Å². The van der Waals surface area contributed by atoms with Crippen molar-refractivity contribution >= 4 is 0 Å². The molecule has 0 bridgehead atoms. The molecule has 0 fully saturated rings. The third kappa shape index (κ3) is 2.88. The maximum Gasteiger partial charge on any atom is 0.183 e. The van der Waals surface area contributed by atoms with Crippen molar-refractivity contribution in [1.29, 1.82) is 0 Å². The molecule has 5 heteroatoms. The molecule has 0 saturated heterocycles. The van der Waals surface area contributed by atoms with E-state index in [9.17, 15) is 5.11 Å². The zero-order valence-corrected chi connectivity index (χ0v) is 10.5. The molecule has 0 aliphatic rings. The predicted molar refractivity (Wildman–Crippen MR) is 62.2 cm³/mol. The number of hydrogen-bond acceptors (Lipinski definition) is 5. The minimum absolute atomic E-state index is 0.126. The van der Waals surface area contributed by atoms with Crippen molar-refractivity contribution in [3.63, 3.8) is 0 Å². The Kier molecular flexibility index (Phi) is 5.21. The lowest BCUT2D eigenvalue weighted by Gasteiger charge is -2.19. The zero-order valence-electron chi connectivity index (χ0n) is 10.5. The average Bonchev–Trinajstić information content (AvgIpc) is 2.39. The number of aliphatic hydroxyl groups is 1. The molecule has 1 aromatic rings. The Hall–Kier alpha value is -1.30. The van der Waals surface area contributed by atoms with Gasteiger partial charge < -0.3 is 24.1 Å². The molecule has 0 radical (unpaired) electrons. The van der Waals surface area contributed by atoms with Crippen molar-refractivity contribution in [3.8, 4) is 11.5 Å². The molecular weight excluding hydrogens is 224 g/mol. The van der Waals surface area contributed by atoms with Crippen LogP contribution in [0.15, 0.2) is 12.1 Å². The first kappa shape index (κ1) is 13.8. The summed E-state index contributed by atoms with van der Waals surface area (Å²) in [5.41, 5.74) is 1.39. The van der Waals surface area contributed by atoms with Gasteiger partial charge in [-0.1, -0.05) is 0 Å². The highest BCUT2D eigenvalue weighted by Gasteiger charge is 2.18. The second kappa shape index (κ2) is 6.44. The van der Waals surface area contributed by atoms with E-state index in [0.29, 0.717) is 17.1 Å². The van der Waals surface area contributed by atoms with E-state index in [1.54, 1.807) is 26.4 Å². The van der Waals surface area contributed by atoms with Gasteiger partial charge in [0.05, 0.1) is 20.8 Å². The lowest BCUT2D eigenvalue weighted by molar-refractivity contribution is -0.106. The monoisotopic (exact) mass is 242 g/mol. The van der Waals surface area contributed by atoms with Gasteiger partial charge in [-0.3, -0.25) is 0 Å². The molecule has 5 nitrogen and oxygen atoms in total. The van der Waals surface area contributed by atoms with E-state index in [1.165, 1.54) is 14.2 Å². The van der Waals surface area contributed by atoms with Crippen molar-refractivity contribution in [1.82, 2.24) is 0 Å². The van der Waals surface area contributed by atoms with Gasteiger partial charge in [-0.25, -0.2) is 0 Å². The molecule has 0 unspecified atom stereocenters. The highest BCUT2D eigenvalue weighted by molar-refractivity contribution is 5.47. The first-order valence-corrected chi connectivity index (χ1v) is 5.13. The summed E-state index contributed by atoms with van der Waals surface area (Å²) >= 11 is 0. The number of rotatable bonds is 6. The van der Waals surface area contributed by atoms with Gasteiger partial charge in [0.15, 0.2) is 17.8 Å². The number of hydrogen-bond donors (Lipinski definition) is 1. The third-order valence-corrected chi connectivity index (χ3v) is 2.50. The largest absolute Gasteiger partial charge is 0.493 e. The molecule has 96 valence electrons. The van der Waals surface area contributed by atoms with Crippen LogP contribution in [0.2, 0.25) is 0 Å². The first-order valence-electron chi connectivity index (χ1n) is 5.13. The molecule has 17 heavy (non-hydrogen) atoms. The summed E-state index contributed by atoms with van der Waals surface area (Å²) in [6, 6.07) is 3.45. The summed E-state index contributed by atoms with van der Waals surface area (Å²) in [6.45, 7) is -0.126. The Labute approximate surface area is 101 Å². The highest BCUT2D eigenvalue weighted by atomic mass is 16.7. The number of methoxy groups -OCH3 is 4. The Morgan fingerprint density at radius 3 is 1.94 bits per heavy atom. The zero-order chi connectivity index (χ0) is 12.8. The van der Waals surface area contributed by atoms with Gasteiger partial charge in [-0.2, -0.15) is 0 Å². The molecule has 0 spiro atoms. The lowest BCUT2D eigenvalue weighted by atomic mass is 10.1. The van der Waals surface area contributed by atoms with Crippen LogP contribution in [0.1, 0.15) is 17.4 Å². The van der Waals surface area contributed by atoms with Gasteiger partial charge >= 0.3 is 0 Å². The molecule has 0 heterocycles. The molecule has 0 atom stereocenters. The maximum absolute atomic E-state index is 9.33. The average molecular weight is 242 g/mol. The molecule has 0 aliphatic heterocycles. The van der Waals surface area contributed by atoms with Crippen LogP contribution >= 0.6 is 0 Å². The Bertz CT molecular complexity index is 360. The number of ether oxygens (including phenoxy) is 4. The predicted octanol–water partition coefficient (Wildman–Crippen LogP) is 1.49. The minimum atomic E-state index is -0.544. The minimum Gasteiger partial charge on any atom is -0.493 e. The number of aliphatic hydroxyl groups excluding tert-OH is 1. The van der Waals surface area contributed by atoms with E-state index >= 15 is 0 Å². The molecule has 1 N–H and O–H groups in total. The van der Waals surface area contributed by atoms with E-state index in [-0.39, 0.29) is 6.61 Å². The SMILES string of the molecule is COc1cc(CO)c(C(OC)OC)cc1OC. The summed E-state index contributed by atoms with van der Waals surface area (Å²) in [5.74, 6) is 1.13. The molecule has 1 rings (SSSR count). The van der Waals surface area contributed by atoms with Gasteiger partial charge in [0.25, 0.3) is 0 Å². The summed E-state index contributed by atoms with van der Waals surface area (Å²) in [4.78, 5) is 0. The van der Waals surface area contributed by atoms with Crippen LogP contribution in [0.25, 0.3) is 0 Å². The highest BCUT2D eigenvalue weighted by Crippen LogP contribution is 2.34. The normalized spacial score (nSPS) is 10.7. The quantitative estimate of drug-likeness (QED) is 0.766. The van der Waals surface area contributed by atoms with Gasteiger partial charge in [0.1, 0.15) is 0 Å². The van der Waals surface area contributed by atoms with Crippen molar-refractivity contribution in [2.24, 2.45) is 0 Å². The van der Waals surface area contributed by atoms with Crippen LogP contribution in [0.3, 0.4) is 0 Å².